The van der Waals surface area contributed by atoms with E-state index in [1.807, 2.05) is 13.8 Å². The summed E-state index contributed by atoms with van der Waals surface area (Å²) < 4.78 is 58.1. The Bertz CT molecular complexity index is 1480. The van der Waals surface area contributed by atoms with E-state index >= 15 is 0 Å². The molecule has 37 heavy (non-hydrogen) atoms. The fraction of sp³-hybridized carbons (Fsp3) is 0.208. The normalized spacial score (nSPS) is 11.8. The van der Waals surface area contributed by atoms with Crippen LogP contribution in [-0.2, 0) is 0 Å². The molecule has 4 rings (SSSR count). The summed E-state index contributed by atoms with van der Waals surface area (Å²) in [5, 5.41) is 14.8. The van der Waals surface area contributed by atoms with Crippen molar-refractivity contribution in [3.05, 3.63) is 64.7 Å². The Morgan fingerprint density at radius 1 is 1.22 bits per heavy atom. The predicted molar refractivity (Wildman–Crippen MR) is 134 cm³/mol. The van der Waals surface area contributed by atoms with Crippen molar-refractivity contribution in [2.75, 3.05) is 0 Å². The highest BCUT2D eigenvalue weighted by molar-refractivity contribution is 8.01. The number of hydrogen-bond acceptors (Lipinski definition) is 6. The number of thiazole rings is 1. The number of aromatic nitrogens is 3. The standard InChI is InChI=1S/C24H18ClF4N3O3S2/c1-11(2)36-22-19(16-10-15(7-8-17(16)25)35-24(27,28)29)30-23(37-22)32-20(21(33)34)18(12(3)31-32)13-5-4-6-14(26)9-13/h4-11H,1-3H3,(H,33,34). The Labute approximate surface area is 221 Å². The lowest BCUT2D eigenvalue weighted by Crippen LogP contribution is -2.17. The molecule has 0 amide bonds. The maximum atomic E-state index is 13.9. The van der Waals surface area contributed by atoms with E-state index in [0.717, 1.165) is 28.2 Å². The van der Waals surface area contributed by atoms with Gasteiger partial charge in [-0.25, -0.2) is 14.2 Å². The summed E-state index contributed by atoms with van der Waals surface area (Å²) in [6.45, 7) is 5.43. The minimum absolute atomic E-state index is 0.0570. The molecule has 0 atom stereocenters. The molecule has 0 spiro atoms. The van der Waals surface area contributed by atoms with Crippen LogP contribution in [0.3, 0.4) is 0 Å². The van der Waals surface area contributed by atoms with Gasteiger partial charge in [-0.05, 0) is 42.8 Å². The van der Waals surface area contributed by atoms with Crippen LogP contribution < -0.4 is 4.74 Å². The molecular formula is C24H18ClF4N3O3S2. The zero-order valence-electron chi connectivity index (χ0n) is 19.4. The van der Waals surface area contributed by atoms with Crippen molar-refractivity contribution in [1.82, 2.24) is 14.8 Å². The van der Waals surface area contributed by atoms with Gasteiger partial charge in [-0.1, -0.05) is 48.9 Å². The SMILES string of the molecule is Cc1nn(-c2nc(-c3cc(OC(F)(F)F)ccc3Cl)c(SC(C)C)s2)c(C(=O)O)c1-c1cccc(F)c1. The Morgan fingerprint density at radius 2 is 1.95 bits per heavy atom. The van der Waals surface area contributed by atoms with E-state index in [2.05, 4.69) is 14.8 Å². The molecule has 2 aromatic heterocycles. The van der Waals surface area contributed by atoms with Gasteiger partial charge in [0.25, 0.3) is 0 Å². The van der Waals surface area contributed by atoms with Crippen molar-refractivity contribution >= 4 is 40.7 Å². The highest BCUT2D eigenvalue weighted by Gasteiger charge is 2.32. The number of halogens is 5. The number of carboxylic acid groups (broad SMARTS) is 1. The molecule has 0 aliphatic rings. The molecule has 0 aliphatic heterocycles. The van der Waals surface area contributed by atoms with Gasteiger partial charge in [0, 0.05) is 16.4 Å². The third-order valence-corrected chi connectivity index (χ3v) is 7.48. The molecule has 6 nitrogen and oxygen atoms in total. The molecule has 0 bridgehead atoms. The van der Waals surface area contributed by atoms with E-state index in [1.54, 1.807) is 13.0 Å². The van der Waals surface area contributed by atoms with Crippen molar-refractivity contribution in [3.63, 3.8) is 0 Å². The summed E-state index contributed by atoms with van der Waals surface area (Å²) in [4.78, 5) is 16.9. The topological polar surface area (TPSA) is 77.2 Å². The minimum atomic E-state index is -4.90. The number of benzene rings is 2. The maximum Gasteiger partial charge on any atom is 0.573 e. The number of aryl methyl sites for hydroxylation is 1. The van der Waals surface area contributed by atoms with Gasteiger partial charge in [0.1, 0.15) is 11.6 Å². The van der Waals surface area contributed by atoms with E-state index < -0.39 is 23.9 Å². The predicted octanol–water partition coefficient (Wildman–Crippen LogP) is 7.86. The Balaban J connectivity index is 1.91. The number of ether oxygens (including phenoxy) is 1. The van der Waals surface area contributed by atoms with Gasteiger partial charge in [0.05, 0.1) is 20.6 Å². The van der Waals surface area contributed by atoms with Gasteiger partial charge >= 0.3 is 12.3 Å². The average Bonchev–Trinajstić information content (AvgIpc) is 3.34. The van der Waals surface area contributed by atoms with Crippen LogP contribution in [0.2, 0.25) is 5.02 Å². The molecule has 0 fully saturated rings. The second-order valence-corrected chi connectivity index (χ2v) is 11.3. The first-order valence-corrected chi connectivity index (χ1v) is 12.7. The Morgan fingerprint density at radius 3 is 2.57 bits per heavy atom. The van der Waals surface area contributed by atoms with E-state index in [0.29, 0.717) is 15.5 Å². The van der Waals surface area contributed by atoms with Gasteiger partial charge in [-0.3, -0.25) is 0 Å². The first-order chi connectivity index (χ1) is 17.3. The largest absolute Gasteiger partial charge is 0.573 e. The molecule has 13 heteroatoms. The minimum Gasteiger partial charge on any atom is -0.476 e. The lowest BCUT2D eigenvalue weighted by molar-refractivity contribution is -0.274. The van der Waals surface area contributed by atoms with Gasteiger partial charge < -0.3 is 9.84 Å². The van der Waals surface area contributed by atoms with Gasteiger partial charge in [0.15, 0.2) is 5.69 Å². The van der Waals surface area contributed by atoms with Crippen LogP contribution >= 0.6 is 34.7 Å². The highest BCUT2D eigenvalue weighted by atomic mass is 35.5. The van der Waals surface area contributed by atoms with E-state index in [1.165, 1.54) is 36.0 Å². The first-order valence-electron chi connectivity index (χ1n) is 10.7. The molecular weight excluding hydrogens is 554 g/mol. The molecule has 0 saturated carbocycles. The van der Waals surface area contributed by atoms with Gasteiger partial charge in [0.2, 0.25) is 5.13 Å². The van der Waals surface area contributed by atoms with E-state index in [4.69, 9.17) is 11.6 Å². The van der Waals surface area contributed by atoms with Crippen LogP contribution in [0.15, 0.2) is 46.7 Å². The summed E-state index contributed by atoms with van der Waals surface area (Å²) in [6, 6.07) is 8.97. The monoisotopic (exact) mass is 571 g/mol. The third-order valence-electron chi connectivity index (χ3n) is 4.91. The number of alkyl halides is 3. The molecule has 1 N–H and O–H groups in total. The number of rotatable bonds is 7. The Hall–Kier alpha value is -3.09. The fourth-order valence-corrected chi connectivity index (χ4v) is 6.26. The average molecular weight is 572 g/mol. The molecule has 0 radical (unpaired) electrons. The van der Waals surface area contributed by atoms with Crippen molar-refractivity contribution < 1.29 is 32.2 Å². The first kappa shape index (κ1) is 27.0. The number of carboxylic acids is 1. The quantitative estimate of drug-likeness (QED) is 0.180. The van der Waals surface area contributed by atoms with Crippen LogP contribution in [-0.4, -0.2) is 37.5 Å². The van der Waals surface area contributed by atoms with E-state index in [-0.39, 0.29) is 37.9 Å². The second-order valence-electron chi connectivity index (χ2n) is 8.02. The highest BCUT2D eigenvalue weighted by Crippen LogP contribution is 2.44. The van der Waals surface area contributed by atoms with Crippen LogP contribution in [0.25, 0.3) is 27.5 Å². The number of aromatic carboxylic acids is 1. The van der Waals surface area contributed by atoms with Gasteiger partial charge in [-0.15, -0.1) is 24.9 Å². The summed E-state index contributed by atoms with van der Waals surface area (Å²) in [7, 11) is 0. The molecule has 0 unspecified atom stereocenters. The van der Waals surface area contributed by atoms with Crippen LogP contribution in [0.1, 0.15) is 30.0 Å². The zero-order valence-corrected chi connectivity index (χ0v) is 21.8. The summed E-state index contributed by atoms with van der Waals surface area (Å²) in [5.41, 5.74) is 1.09. The number of thioether (sulfide) groups is 1. The lowest BCUT2D eigenvalue weighted by Gasteiger charge is -2.11. The Kier molecular flexibility index (Phi) is 7.54. The molecule has 0 aliphatic carbocycles. The molecule has 2 aromatic carbocycles. The smallest absolute Gasteiger partial charge is 0.476 e. The maximum absolute atomic E-state index is 13.9. The van der Waals surface area contributed by atoms with Crippen molar-refractivity contribution in [2.45, 2.75) is 36.6 Å². The third kappa shape index (κ3) is 5.91. The van der Waals surface area contributed by atoms with Crippen molar-refractivity contribution in [2.24, 2.45) is 0 Å². The van der Waals surface area contributed by atoms with E-state index in [9.17, 15) is 27.5 Å². The number of carbonyl (C=O) groups is 1. The fourth-order valence-electron chi connectivity index (χ4n) is 3.59. The lowest BCUT2D eigenvalue weighted by atomic mass is 10.0. The van der Waals surface area contributed by atoms with Crippen LogP contribution in [0.4, 0.5) is 17.6 Å². The van der Waals surface area contributed by atoms with Gasteiger partial charge in [-0.2, -0.15) is 9.78 Å². The van der Waals surface area contributed by atoms with Crippen molar-refractivity contribution in [3.8, 4) is 33.3 Å². The molecule has 4 aromatic rings. The summed E-state index contributed by atoms with van der Waals surface area (Å²) in [5.74, 6) is -2.33. The summed E-state index contributed by atoms with van der Waals surface area (Å²) >= 11 is 8.83. The second kappa shape index (κ2) is 10.3. The van der Waals surface area contributed by atoms with Crippen LogP contribution in [0, 0.1) is 12.7 Å². The number of nitrogens with zero attached hydrogens (tertiary/aromatic N) is 3. The molecule has 2 heterocycles. The van der Waals surface area contributed by atoms with Crippen LogP contribution in [0.5, 0.6) is 5.75 Å². The number of hydrogen-bond donors (Lipinski definition) is 1. The summed E-state index contributed by atoms with van der Waals surface area (Å²) in [6.07, 6.45) is -4.90. The van der Waals surface area contributed by atoms with Crippen molar-refractivity contribution in [1.29, 1.82) is 0 Å². The molecule has 0 saturated heterocycles. The molecule has 194 valence electrons. The zero-order chi connectivity index (χ0) is 27.1.